The summed E-state index contributed by atoms with van der Waals surface area (Å²) in [7, 11) is 0. The largest absolute Gasteiger partial charge is 0.465 e. The van der Waals surface area contributed by atoms with E-state index < -0.39 is 6.04 Å². The van der Waals surface area contributed by atoms with E-state index in [1.165, 1.54) is 0 Å². The fourth-order valence-corrected chi connectivity index (χ4v) is 2.28. The molecular formula is C19H22ClNO2. The Morgan fingerprint density at radius 2 is 1.65 bits per heavy atom. The Labute approximate surface area is 143 Å². The Kier molecular flexibility index (Phi) is 8.09. The first-order valence-corrected chi connectivity index (χ1v) is 7.42. The Balaban J connectivity index is 0.00000264. The molecule has 0 amide bonds. The van der Waals surface area contributed by atoms with Crippen LogP contribution in [0.2, 0.25) is 0 Å². The fraction of sp³-hybridized carbons (Fsp3) is 0.211. The first-order valence-electron chi connectivity index (χ1n) is 7.42. The average molecular weight is 332 g/mol. The highest BCUT2D eigenvalue weighted by Gasteiger charge is 2.25. The Morgan fingerprint density at radius 1 is 1.09 bits per heavy atom. The SMILES string of the molecule is CCOC(=O)C(N)C(/C=C/c1ccccc1)c1ccccc1.Cl. The van der Waals surface area contributed by atoms with E-state index in [0.717, 1.165) is 11.1 Å². The lowest BCUT2D eigenvalue weighted by atomic mass is 9.91. The van der Waals surface area contributed by atoms with Gasteiger partial charge in [0.15, 0.2) is 0 Å². The lowest BCUT2D eigenvalue weighted by molar-refractivity contribution is -0.144. The third-order valence-electron chi connectivity index (χ3n) is 3.43. The molecule has 0 saturated heterocycles. The van der Waals surface area contributed by atoms with E-state index in [9.17, 15) is 4.79 Å². The number of rotatable bonds is 6. The second kappa shape index (κ2) is 9.82. The molecule has 0 aromatic heterocycles. The maximum atomic E-state index is 12.0. The fourth-order valence-electron chi connectivity index (χ4n) is 2.28. The maximum absolute atomic E-state index is 12.0. The Hall–Kier alpha value is -2.10. The number of nitrogens with two attached hydrogens (primary N) is 1. The molecule has 4 heteroatoms. The number of esters is 1. The van der Waals surface area contributed by atoms with Crippen LogP contribution in [0.5, 0.6) is 0 Å². The summed E-state index contributed by atoms with van der Waals surface area (Å²) in [6, 6.07) is 19.0. The summed E-state index contributed by atoms with van der Waals surface area (Å²) >= 11 is 0. The van der Waals surface area contributed by atoms with Crippen molar-refractivity contribution in [1.82, 2.24) is 0 Å². The molecule has 0 heterocycles. The molecule has 0 bridgehead atoms. The topological polar surface area (TPSA) is 52.3 Å². The minimum absolute atomic E-state index is 0. The van der Waals surface area contributed by atoms with Crippen LogP contribution in [0.1, 0.15) is 24.0 Å². The van der Waals surface area contributed by atoms with Crippen molar-refractivity contribution < 1.29 is 9.53 Å². The third-order valence-corrected chi connectivity index (χ3v) is 3.43. The van der Waals surface area contributed by atoms with Crippen molar-refractivity contribution in [3.63, 3.8) is 0 Å². The predicted molar refractivity (Wildman–Crippen MR) is 96.5 cm³/mol. The molecule has 0 spiro atoms. The van der Waals surface area contributed by atoms with Crippen molar-refractivity contribution in [2.45, 2.75) is 18.9 Å². The molecule has 0 fully saturated rings. The molecule has 23 heavy (non-hydrogen) atoms. The minimum atomic E-state index is -0.720. The zero-order valence-electron chi connectivity index (χ0n) is 13.1. The van der Waals surface area contributed by atoms with E-state index in [4.69, 9.17) is 10.5 Å². The summed E-state index contributed by atoms with van der Waals surface area (Å²) in [5.41, 5.74) is 8.18. The van der Waals surface area contributed by atoms with Crippen molar-refractivity contribution in [2.75, 3.05) is 6.61 Å². The van der Waals surface area contributed by atoms with Crippen LogP contribution in [0, 0.1) is 0 Å². The van der Waals surface area contributed by atoms with Gasteiger partial charge in [0.25, 0.3) is 0 Å². The molecule has 2 atom stereocenters. The van der Waals surface area contributed by atoms with Crippen molar-refractivity contribution in [1.29, 1.82) is 0 Å². The standard InChI is InChI=1S/C19H21NO2.ClH/c1-2-22-19(21)18(20)17(16-11-7-4-8-12-16)14-13-15-9-5-3-6-10-15;/h3-14,17-18H,2,20H2,1H3;1H/b14-13+;. The second-order valence-electron chi connectivity index (χ2n) is 4.98. The number of carbonyl (C=O) groups is 1. The van der Waals surface area contributed by atoms with Gasteiger partial charge in [-0.3, -0.25) is 4.79 Å². The van der Waals surface area contributed by atoms with Crippen molar-refractivity contribution >= 4 is 24.5 Å². The number of hydrogen-bond acceptors (Lipinski definition) is 3. The van der Waals surface area contributed by atoms with Gasteiger partial charge in [-0.15, -0.1) is 12.4 Å². The molecule has 0 radical (unpaired) electrons. The number of halogens is 1. The van der Waals surface area contributed by atoms with E-state index >= 15 is 0 Å². The van der Waals surface area contributed by atoms with E-state index in [1.807, 2.05) is 72.8 Å². The van der Waals surface area contributed by atoms with Crippen LogP contribution < -0.4 is 5.73 Å². The second-order valence-corrected chi connectivity index (χ2v) is 4.98. The predicted octanol–water partition coefficient (Wildman–Crippen LogP) is 3.80. The van der Waals surface area contributed by atoms with E-state index in [0.29, 0.717) is 6.61 Å². The molecule has 0 aliphatic heterocycles. The van der Waals surface area contributed by atoms with Crippen molar-refractivity contribution in [2.24, 2.45) is 5.73 Å². The van der Waals surface area contributed by atoms with Crippen molar-refractivity contribution in [3.8, 4) is 0 Å². The summed E-state index contributed by atoms with van der Waals surface area (Å²) in [6.07, 6.45) is 3.95. The van der Waals surface area contributed by atoms with Crippen molar-refractivity contribution in [3.05, 3.63) is 77.9 Å². The zero-order valence-corrected chi connectivity index (χ0v) is 13.9. The zero-order chi connectivity index (χ0) is 15.8. The van der Waals surface area contributed by atoms with Crippen LogP contribution in [0.3, 0.4) is 0 Å². The van der Waals surface area contributed by atoms with Crippen LogP contribution in [0.15, 0.2) is 66.7 Å². The normalized spacial score (nSPS) is 13.1. The number of ether oxygens (including phenoxy) is 1. The van der Waals surface area contributed by atoms with Gasteiger partial charge in [-0.1, -0.05) is 72.8 Å². The lowest BCUT2D eigenvalue weighted by Crippen LogP contribution is -2.37. The molecular weight excluding hydrogens is 310 g/mol. The van der Waals surface area contributed by atoms with Crippen LogP contribution >= 0.6 is 12.4 Å². The third kappa shape index (κ3) is 5.55. The highest BCUT2D eigenvalue weighted by atomic mass is 35.5. The van der Waals surface area contributed by atoms with Crippen LogP contribution in [0.4, 0.5) is 0 Å². The van der Waals surface area contributed by atoms with Gasteiger partial charge in [-0.25, -0.2) is 0 Å². The molecule has 2 aromatic carbocycles. The Morgan fingerprint density at radius 3 is 2.22 bits per heavy atom. The molecule has 2 rings (SSSR count). The van der Waals surface area contributed by atoms with Gasteiger partial charge >= 0.3 is 5.97 Å². The van der Waals surface area contributed by atoms with Gasteiger partial charge in [-0.05, 0) is 18.1 Å². The van der Waals surface area contributed by atoms with Crippen LogP contribution in [0.25, 0.3) is 6.08 Å². The first-order chi connectivity index (χ1) is 10.7. The number of benzene rings is 2. The minimum Gasteiger partial charge on any atom is -0.465 e. The molecule has 2 N–H and O–H groups in total. The molecule has 0 saturated carbocycles. The van der Waals surface area contributed by atoms with E-state index in [1.54, 1.807) is 6.92 Å². The summed E-state index contributed by atoms with van der Waals surface area (Å²) in [5.74, 6) is -0.602. The maximum Gasteiger partial charge on any atom is 0.323 e. The molecule has 3 nitrogen and oxygen atoms in total. The molecule has 2 unspecified atom stereocenters. The molecule has 0 aliphatic rings. The number of hydrogen-bond donors (Lipinski definition) is 1. The summed E-state index contributed by atoms with van der Waals surface area (Å²) in [6.45, 7) is 2.11. The number of carbonyl (C=O) groups excluding carboxylic acids is 1. The van der Waals surface area contributed by atoms with Gasteiger partial charge in [0, 0.05) is 5.92 Å². The van der Waals surface area contributed by atoms with Gasteiger partial charge < -0.3 is 10.5 Å². The summed E-state index contributed by atoms with van der Waals surface area (Å²) in [5, 5.41) is 0. The Bertz CT molecular complexity index is 614. The van der Waals surface area contributed by atoms with Gasteiger partial charge in [0.2, 0.25) is 0 Å². The highest BCUT2D eigenvalue weighted by Crippen LogP contribution is 2.22. The van der Waals surface area contributed by atoms with Crippen LogP contribution in [-0.4, -0.2) is 18.6 Å². The summed E-state index contributed by atoms with van der Waals surface area (Å²) in [4.78, 5) is 12.0. The smallest absolute Gasteiger partial charge is 0.323 e. The van der Waals surface area contributed by atoms with E-state index in [-0.39, 0.29) is 24.3 Å². The van der Waals surface area contributed by atoms with Crippen LogP contribution in [-0.2, 0) is 9.53 Å². The average Bonchev–Trinajstić information content (AvgIpc) is 2.57. The van der Waals surface area contributed by atoms with Gasteiger partial charge in [0.05, 0.1) is 6.61 Å². The molecule has 2 aromatic rings. The lowest BCUT2D eigenvalue weighted by Gasteiger charge is -2.20. The quantitative estimate of drug-likeness (QED) is 0.819. The molecule has 122 valence electrons. The van der Waals surface area contributed by atoms with Gasteiger partial charge in [0.1, 0.15) is 6.04 Å². The highest BCUT2D eigenvalue weighted by molar-refractivity contribution is 5.85. The molecule has 0 aliphatic carbocycles. The van der Waals surface area contributed by atoms with E-state index in [2.05, 4.69) is 0 Å². The first kappa shape index (κ1) is 18.9. The van der Waals surface area contributed by atoms with Gasteiger partial charge in [-0.2, -0.15) is 0 Å². The monoisotopic (exact) mass is 331 g/mol. The summed E-state index contributed by atoms with van der Waals surface area (Å²) < 4.78 is 5.06.